The molecule has 29 heavy (non-hydrogen) atoms. The number of hydrogen-bond acceptors (Lipinski definition) is 7. The van der Waals surface area contributed by atoms with Crippen LogP contribution in [0.2, 0.25) is 0 Å². The highest BCUT2D eigenvalue weighted by Crippen LogP contribution is 2.12. The van der Waals surface area contributed by atoms with E-state index in [-0.39, 0.29) is 12.3 Å². The highest BCUT2D eigenvalue weighted by Gasteiger charge is 2.29. The summed E-state index contributed by atoms with van der Waals surface area (Å²) < 4.78 is 5.44. The zero-order valence-electron chi connectivity index (χ0n) is 18.3. The van der Waals surface area contributed by atoms with E-state index in [1.54, 1.807) is 20.8 Å². The first-order valence-corrected chi connectivity index (χ1v) is 10.6. The van der Waals surface area contributed by atoms with Crippen LogP contribution in [0.25, 0.3) is 0 Å². The van der Waals surface area contributed by atoms with Gasteiger partial charge in [-0.3, -0.25) is 9.59 Å². The van der Waals surface area contributed by atoms with Crippen LogP contribution in [-0.4, -0.2) is 55.1 Å². The van der Waals surface area contributed by atoms with Crippen LogP contribution < -0.4 is 27.8 Å². The Hall–Kier alpha value is -1.71. The Bertz CT molecular complexity index is 494. The number of amides is 2. The van der Waals surface area contributed by atoms with E-state index in [0.717, 1.165) is 12.8 Å². The van der Waals surface area contributed by atoms with Crippen molar-refractivity contribution in [3.63, 3.8) is 0 Å². The van der Waals surface area contributed by atoms with Crippen molar-refractivity contribution in [2.45, 2.75) is 89.8 Å². The Balaban J connectivity index is 5.12. The molecule has 0 aliphatic rings. The fourth-order valence-corrected chi connectivity index (χ4v) is 2.68. The van der Waals surface area contributed by atoms with Crippen LogP contribution in [0.5, 0.6) is 0 Å². The zero-order valence-corrected chi connectivity index (χ0v) is 18.3. The lowest BCUT2D eigenvalue weighted by atomic mass is 10.1. The summed E-state index contributed by atoms with van der Waals surface area (Å²) in [5.41, 5.74) is 15.8. The quantitative estimate of drug-likeness (QED) is 0.190. The summed E-state index contributed by atoms with van der Waals surface area (Å²) in [7, 11) is 0. The lowest BCUT2D eigenvalue weighted by Gasteiger charge is -2.26. The molecule has 0 aromatic carbocycles. The van der Waals surface area contributed by atoms with Gasteiger partial charge in [-0.25, -0.2) is 4.79 Å². The second-order valence-corrected chi connectivity index (χ2v) is 8.18. The Morgan fingerprint density at radius 2 is 1.31 bits per heavy atom. The van der Waals surface area contributed by atoms with E-state index in [9.17, 15) is 14.4 Å². The first-order valence-electron chi connectivity index (χ1n) is 10.6. The summed E-state index contributed by atoms with van der Waals surface area (Å²) in [4.78, 5) is 37.5. The SMILES string of the molecule is CC(C)(C)OC(=O)[C@H](CCCCN)NC(=O)[C@H](CCCCN)NC(=O)CCCN. The van der Waals surface area contributed by atoms with Crippen LogP contribution in [-0.2, 0) is 19.1 Å². The molecule has 0 saturated heterocycles. The lowest BCUT2D eigenvalue weighted by molar-refractivity contribution is -0.159. The number of hydrogen-bond donors (Lipinski definition) is 5. The molecule has 0 rings (SSSR count). The molecule has 9 heteroatoms. The molecule has 170 valence electrons. The standard InChI is InChI=1S/C20H41N5O4/c1-20(2,3)29-19(28)16(10-5-7-13-22)25-18(27)15(9-4-6-12-21)24-17(26)11-8-14-23/h15-16H,4-14,21-23H2,1-3H3,(H,24,26)(H,25,27)/t15-,16-/m0/s1. The van der Waals surface area contributed by atoms with Gasteiger partial charge in [-0.2, -0.15) is 0 Å². The van der Waals surface area contributed by atoms with Gasteiger partial charge in [0.1, 0.15) is 17.7 Å². The summed E-state index contributed by atoms with van der Waals surface area (Å²) in [5, 5.41) is 5.51. The number of rotatable bonds is 15. The minimum absolute atomic E-state index is 0.236. The monoisotopic (exact) mass is 415 g/mol. The Labute approximate surface area is 174 Å². The third-order valence-electron chi connectivity index (χ3n) is 4.16. The maximum absolute atomic E-state index is 12.8. The maximum Gasteiger partial charge on any atom is 0.329 e. The smallest absolute Gasteiger partial charge is 0.329 e. The van der Waals surface area contributed by atoms with Gasteiger partial charge in [0, 0.05) is 6.42 Å². The van der Waals surface area contributed by atoms with Crippen molar-refractivity contribution in [1.29, 1.82) is 0 Å². The molecule has 0 heterocycles. The number of carbonyl (C=O) groups excluding carboxylic acids is 3. The van der Waals surface area contributed by atoms with Gasteiger partial charge in [0.15, 0.2) is 0 Å². The van der Waals surface area contributed by atoms with Crippen LogP contribution >= 0.6 is 0 Å². The fraction of sp³-hybridized carbons (Fsp3) is 0.850. The Kier molecular flexibility index (Phi) is 14.3. The normalized spacial score (nSPS) is 13.4. The van der Waals surface area contributed by atoms with Crippen LogP contribution in [0, 0.1) is 0 Å². The largest absolute Gasteiger partial charge is 0.458 e. The molecule has 0 spiro atoms. The van der Waals surface area contributed by atoms with Gasteiger partial charge in [0.25, 0.3) is 0 Å². The first-order chi connectivity index (χ1) is 13.6. The van der Waals surface area contributed by atoms with Crippen molar-refractivity contribution in [3.8, 4) is 0 Å². The number of esters is 1. The van der Waals surface area contributed by atoms with Crippen LogP contribution in [0.15, 0.2) is 0 Å². The summed E-state index contributed by atoms with van der Waals surface area (Å²) >= 11 is 0. The number of nitrogens with one attached hydrogen (secondary N) is 2. The van der Waals surface area contributed by atoms with Crippen molar-refractivity contribution in [3.05, 3.63) is 0 Å². The molecule has 2 amide bonds. The third-order valence-corrected chi connectivity index (χ3v) is 4.16. The first kappa shape index (κ1) is 27.3. The summed E-state index contributed by atoms with van der Waals surface area (Å²) in [6, 6.07) is -1.52. The van der Waals surface area contributed by atoms with E-state index in [4.69, 9.17) is 21.9 Å². The predicted octanol–water partition coefficient (Wildman–Crippen LogP) is 0.295. The van der Waals surface area contributed by atoms with E-state index in [1.807, 2.05) is 0 Å². The highest BCUT2D eigenvalue weighted by molar-refractivity contribution is 5.90. The maximum atomic E-state index is 12.8. The molecule has 0 bridgehead atoms. The van der Waals surface area contributed by atoms with E-state index in [1.165, 1.54) is 0 Å². The topological polar surface area (TPSA) is 163 Å². The molecular weight excluding hydrogens is 374 g/mol. The molecule has 0 fully saturated rings. The molecule has 0 aliphatic carbocycles. The summed E-state index contributed by atoms with van der Waals surface area (Å²) in [6.45, 7) is 6.74. The van der Waals surface area contributed by atoms with Crippen molar-refractivity contribution < 1.29 is 19.1 Å². The van der Waals surface area contributed by atoms with Crippen LogP contribution in [0.4, 0.5) is 0 Å². The van der Waals surface area contributed by atoms with Crippen molar-refractivity contribution in [2.75, 3.05) is 19.6 Å². The van der Waals surface area contributed by atoms with E-state index in [0.29, 0.717) is 51.7 Å². The molecule has 9 nitrogen and oxygen atoms in total. The Morgan fingerprint density at radius 3 is 1.79 bits per heavy atom. The van der Waals surface area contributed by atoms with Gasteiger partial charge in [0.05, 0.1) is 0 Å². The highest BCUT2D eigenvalue weighted by atomic mass is 16.6. The zero-order chi connectivity index (χ0) is 22.3. The Morgan fingerprint density at radius 1 is 0.793 bits per heavy atom. The molecule has 8 N–H and O–H groups in total. The summed E-state index contributed by atoms with van der Waals surface area (Å²) in [6.07, 6.45) is 4.53. The van der Waals surface area contributed by atoms with Gasteiger partial charge < -0.3 is 32.6 Å². The average Bonchev–Trinajstić information content (AvgIpc) is 2.63. The van der Waals surface area contributed by atoms with Crippen molar-refractivity contribution in [2.24, 2.45) is 17.2 Å². The lowest BCUT2D eigenvalue weighted by Crippen LogP contribution is -2.52. The van der Waals surface area contributed by atoms with Gasteiger partial charge >= 0.3 is 5.97 Å². The van der Waals surface area contributed by atoms with Crippen molar-refractivity contribution in [1.82, 2.24) is 10.6 Å². The predicted molar refractivity (Wildman–Crippen MR) is 114 cm³/mol. The third kappa shape index (κ3) is 14.0. The minimum Gasteiger partial charge on any atom is -0.458 e. The second-order valence-electron chi connectivity index (χ2n) is 8.18. The molecule has 0 aromatic rings. The molecular formula is C20H41N5O4. The molecule has 0 aromatic heterocycles. The van der Waals surface area contributed by atoms with Crippen molar-refractivity contribution >= 4 is 17.8 Å². The van der Waals surface area contributed by atoms with Gasteiger partial charge in [-0.15, -0.1) is 0 Å². The van der Waals surface area contributed by atoms with E-state index < -0.39 is 29.6 Å². The number of unbranched alkanes of at least 4 members (excludes halogenated alkanes) is 2. The number of nitrogens with two attached hydrogens (primary N) is 3. The second kappa shape index (κ2) is 15.2. The minimum atomic E-state index is -0.786. The molecule has 0 aliphatic heterocycles. The summed E-state index contributed by atoms with van der Waals surface area (Å²) in [5.74, 6) is -1.12. The molecule has 0 saturated carbocycles. The molecule has 0 unspecified atom stereocenters. The van der Waals surface area contributed by atoms with Gasteiger partial charge in [0.2, 0.25) is 11.8 Å². The van der Waals surface area contributed by atoms with E-state index >= 15 is 0 Å². The van der Waals surface area contributed by atoms with Crippen LogP contribution in [0.1, 0.15) is 72.1 Å². The fourth-order valence-electron chi connectivity index (χ4n) is 2.68. The van der Waals surface area contributed by atoms with Crippen LogP contribution in [0.3, 0.4) is 0 Å². The number of ether oxygens (including phenoxy) is 1. The average molecular weight is 416 g/mol. The number of carbonyl (C=O) groups is 3. The molecule has 2 atom stereocenters. The van der Waals surface area contributed by atoms with E-state index in [2.05, 4.69) is 10.6 Å². The molecule has 0 radical (unpaired) electrons. The van der Waals surface area contributed by atoms with Gasteiger partial charge in [-0.05, 0) is 85.4 Å². The van der Waals surface area contributed by atoms with Gasteiger partial charge in [-0.1, -0.05) is 0 Å².